The second-order valence-corrected chi connectivity index (χ2v) is 6.89. The quantitative estimate of drug-likeness (QED) is 0.815. The van der Waals surface area contributed by atoms with E-state index in [4.69, 9.17) is 11.6 Å². The zero-order chi connectivity index (χ0) is 13.8. The van der Waals surface area contributed by atoms with Gasteiger partial charge in [-0.15, -0.1) is 0 Å². The highest BCUT2D eigenvalue weighted by molar-refractivity contribution is 9.10. The van der Waals surface area contributed by atoms with E-state index in [9.17, 15) is 5.11 Å². The van der Waals surface area contributed by atoms with Gasteiger partial charge in [0.05, 0.1) is 5.60 Å². The van der Waals surface area contributed by atoms with E-state index in [0.29, 0.717) is 12.3 Å². The largest absolute Gasteiger partial charge is 0.388 e. The molecule has 0 saturated heterocycles. The molecule has 1 aromatic carbocycles. The van der Waals surface area contributed by atoms with Crippen LogP contribution in [0.2, 0.25) is 5.02 Å². The molecule has 0 radical (unpaired) electrons. The van der Waals surface area contributed by atoms with Crippen LogP contribution in [0.25, 0.3) is 0 Å². The average molecular weight is 353 g/mol. The Kier molecular flexibility index (Phi) is 6.48. The van der Waals surface area contributed by atoms with E-state index in [1.165, 1.54) is 0 Å². The first kappa shape index (κ1) is 16.3. The van der Waals surface area contributed by atoms with E-state index in [0.717, 1.165) is 15.1 Å². The van der Waals surface area contributed by atoms with Gasteiger partial charge in [0.25, 0.3) is 0 Å². The lowest BCUT2D eigenvalue weighted by atomic mass is 10.1. The maximum atomic E-state index is 10.1. The van der Waals surface area contributed by atoms with E-state index < -0.39 is 5.60 Å². The van der Waals surface area contributed by atoms with E-state index in [1.807, 2.05) is 38.3 Å². The van der Waals surface area contributed by atoms with Crippen molar-refractivity contribution in [1.82, 2.24) is 5.32 Å². The lowest BCUT2D eigenvalue weighted by Crippen LogP contribution is -2.40. The highest BCUT2D eigenvalue weighted by atomic mass is 79.9. The first-order valence-corrected chi connectivity index (χ1v) is 8.32. The van der Waals surface area contributed by atoms with Crippen LogP contribution in [0.15, 0.2) is 22.7 Å². The van der Waals surface area contributed by atoms with E-state index in [2.05, 4.69) is 21.2 Å². The van der Waals surface area contributed by atoms with Crippen LogP contribution in [-0.2, 0) is 0 Å². The molecule has 5 heteroatoms. The smallest absolute Gasteiger partial charge is 0.0833 e. The molecule has 2 nitrogen and oxygen atoms in total. The van der Waals surface area contributed by atoms with Crippen LogP contribution in [0.4, 0.5) is 0 Å². The molecule has 0 aliphatic rings. The van der Waals surface area contributed by atoms with Crippen LogP contribution in [0, 0.1) is 0 Å². The van der Waals surface area contributed by atoms with E-state index in [-0.39, 0.29) is 6.04 Å². The monoisotopic (exact) mass is 351 g/mol. The Hall–Kier alpha value is 0.260. The molecule has 0 heterocycles. The van der Waals surface area contributed by atoms with Gasteiger partial charge in [-0.05, 0) is 37.8 Å². The molecule has 0 fully saturated rings. The van der Waals surface area contributed by atoms with Gasteiger partial charge in [-0.1, -0.05) is 33.6 Å². The zero-order valence-corrected chi connectivity index (χ0v) is 14.0. The first-order valence-electron chi connectivity index (χ1n) is 5.75. The van der Waals surface area contributed by atoms with Crippen molar-refractivity contribution in [2.75, 3.05) is 18.6 Å². The summed E-state index contributed by atoms with van der Waals surface area (Å²) >= 11 is 11.2. The molecule has 2 N–H and O–H groups in total. The van der Waals surface area contributed by atoms with E-state index in [1.54, 1.807) is 11.8 Å². The van der Waals surface area contributed by atoms with E-state index >= 15 is 0 Å². The Morgan fingerprint density at radius 1 is 1.56 bits per heavy atom. The second kappa shape index (κ2) is 7.15. The summed E-state index contributed by atoms with van der Waals surface area (Å²) in [7, 11) is 0. The molecule has 2 atom stereocenters. The van der Waals surface area contributed by atoms with Crippen LogP contribution < -0.4 is 5.32 Å². The number of halogens is 2. The van der Waals surface area contributed by atoms with Crippen molar-refractivity contribution >= 4 is 39.3 Å². The maximum Gasteiger partial charge on any atom is 0.0833 e. The van der Waals surface area contributed by atoms with Crippen LogP contribution in [0.1, 0.15) is 25.5 Å². The third kappa shape index (κ3) is 5.10. The standard InChI is InChI=1S/C13H19BrClNOS/c1-9(16-7-13(2,17)8-18-3)11-5-4-10(14)6-12(11)15/h4-6,9,16-17H,7-8H2,1-3H3. The average Bonchev–Trinajstić information content (AvgIpc) is 2.26. The summed E-state index contributed by atoms with van der Waals surface area (Å²) < 4.78 is 0.970. The molecular weight excluding hydrogens is 334 g/mol. The number of rotatable bonds is 6. The molecule has 2 unspecified atom stereocenters. The number of hydrogen-bond donors (Lipinski definition) is 2. The summed E-state index contributed by atoms with van der Waals surface area (Å²) in [5.74, 6) is 0.709. The van der Waals surface area contributed by atoms with Crippen molar-refractivity contribution in [1.29, 1.82) is 0 Å². The summed E-state index contributed by atoms with van der Waals surface area (Å²) in [5.41, 5.74) is 0.343. The molecule has 0 saturated carbocycles. The highest BCUT2D eigenvalue weighted by Crippen LogP contribution is 2.26. The number of hydrogen-bond acceptors (Lipinski definition) is 3. The van der Waals surface area contributed by atoms with Crippen LogP contribution in [0.3, 0.4) is 0 Å². The summed E-state index contributed by atoms with van der Waals surface area (Å²) in [5, 5.41) is 14.2. The fourth-order valence-electron chi connectivity index (χ4n) is 1.70. The van der Waals surface area contributed by atoms with Gasteiger partial charge >= 0.3 is 0 Å². The van der Waals surface area contributed by atoms with Gasteiger partial charge in [0.2, 0.25) is 0 Å². The Morgan fingerprint density at radius 2 is 2.22 bits per heavy atom. The van der Waals surface area contributed by atoms with Crippen LogP contribution >= 0.6 is 39.3 Å². The first-order chi connectivity index (χ1) is 8.35. The highest BCUT2D eigenvalue weighted by Gasteiger charge is 2.21. The van der Waals surface area contributed by atoms with Crippen LogP contribution in [-0.4, -0.2) is 29.3 Å². The number of aliphatic hydroxyl groups is 1. The third-order valence-corrected chi connectivity index (χ3v) is 4.40. The molecule has 0 bridgehead atoms. The molecule has 0 aromatic heterocycles. The predicted octanol–water partition coefficient (Wildman–Crippen LogP) is 3.87. The van der Waals surface area contributed by atoms with Gasteiger partial charge in [-0.2, -0.15) is 11.8 Å². The van der Waals surface area contributed by atoms with Gasteiger partial charge in [0.1, 0.15) is 0 Å². The molecule has 1 rings (SSSR count). The minimum Gasteiger partial charge on any atom is -0.388 e. The summed E-state index contributed by atoms with van der Waals surface area (Å²) in [6, 6.07) is 5.96. The van der Waals surface area contributed by atoms with Crippen molar-refractivity contribution in [2.45, 2.75) is 25.5 Å². The Labute approximate surface area is 127 Å². The lowest BCUT2D eigenvalue weighted by molar-refractivity contribution is 0.0821. The molecule has 1 aromatic rings. The summed E-state index contributed by atoms with van der Waals surface area (Å²) in [4.78, 5) is 0. The summed E-state index contributed by atoms with van der Waals surface area (Å²) in [6.07, 6.45) is 1.99. The van der Waals surface area contributed by atoms with Gasteiger partial charge < -0.3 is 10.4 Å². The zero-order valence-electron chi connectivity index (χ0n) is 10.8. The van der Waals surface area contributed by atoms with Gasteiger partial charge in [0.15, 0.2) is 0 Å². The number of benzene rings is 1. The fraction of sp³-hybridized carbons (Fsp3) is 0.538. The normalized spacial score (nSPS) is 16.3. The topological polar surface area (TPSA) is 32.3 Å². The number of nitrogens with one attached hydrogen (secondary N) is 1. The van der Waals surface area contributed by atoms with Crippen molar-refractivity contribution in [2.24, 2.45) is 0 Å². The van der Waals surface area contributed by atoms with Crippen molar-refractivity contribution in [3.63, 3.8) is 0 Å². The maximum absolute atomic E-state index is 10.1. The summed E-state index contributed by atoms with van der Waals surface area (Å²) in [6.45, 7) is 4.43. The Balaban J connectivity index is 2.63. The molecule has 0 spiro atoms. The molecular formula is C13H19BrClNOS. The predicted molar refractivity (Wildman–Crippen MR) is 84.6 cm³/mol. The number of thioether (sulfide) groups is 1. The third-order valence-electron chi connectivity index (χ3n) is 2.67. The minimum atomic E-state index is -0.699. The Morgan fingerprint density at radius 3 is 2.78 bits per heavy atom. The fourth-order valence-corrected chi connectivity index (χ4v) is 3.26. The van der Waals surface area contributed by atoms with Crippen molar-refractivity contribution in [3.8, 4) is 0 Å². The lowest BCUT2D eigenvalue weighted by Gasteiger charge is -2.25. The molecule has 0 amide bonds. The molecule has 0 aliphatic carbocycles. The van der Waals surface area contributed by atoms with Gasteiger partial charge in [-0.25, -0.2) is 0 Å². The Bertz CT molecular complexity index is 401. The molecule has 0 aliphatic heterocycles. The van der Waals surface area contributed by atoms with Crippen LogP contribution in [0.5, 0.6) is 0 Å². The van der Waals surface area contributed by atoms with Gasteiger partial charge in [0, 0.05) is 27.8 Å². The van der Waals surface area contributed by atoms with Crippen molar-refractivity contribution < 1.29 is 5.11 Å². The minimum absolute atomic E-state index is 0.110. The molecule has 102 valence electrons. The SMILES string of the molecule is CSCC(C)(O)CNC(C)c1ccc(Br)cc1Cl. The van der Waals surface area contributed by atoms with Crippen molar-refractivity contribution in [3.05, 3.63) is 33.3 Å². The van der Waals surface area contributed by atoms with Gasteiger partial charge in [-0.3, -0.25) is 0 Å². The molecule has 18 heavy (non-hydrogen) atoms. The second-order valence-electron chi connectivity index (χ2n) is 4.70.